The quantitative estimate of drug-likeness (QED) is 0.420. The highest BCUT2D eigenvalue weighted by molar-refractivity contribution is 5.83. The number of ether oxygens (including phenoxy) is 2. The number of hydrogen-bond acceptors (Lipinski definition) is 4. The number of unbranched alkanes of at least 4 members (excludes halogenated alkanes) is 1. The molecule has 0 aliphatic rings. The van der Waals surface area contributed by atoms with Gasteiger partial charge in [-0.3, -0.25) is 4.79 Å². The average Bonchev–Trinajstić information content (AvgIpc) is 2.64. The molecular weight excluding hydrogens is 328 g/mol. The van der Waals surface area contributed by atoms with Crippen LogP contribution in [-0.4, -0.2) is 25.3 Å². The van der Waals surface area contributed by atoms with Crippen LogP contribution in [0.4, 0.5) is 0 Å². The molecule has 0 heterocycles. The summed E-state index contributed by atoms with van der Waals surface area (Å²) in [6, 6.07) is 13.5. The molecule has 5 nitrogen and oxygen atoms in total. The van der Waals surface area contributed by atoms with Gasteiger partial charge >= 0.3 is 0 Å². The smallest absolute Gasteiger partial charge is 0.277 e. The molecule has 0 bridgehead atoms. The molecule has 0 aliphatic carbocycles. The molecular formula is C21H26N2O3. The van der Waals surface area contributed by atoms with Crippen molar-refractivity contribution in [3.05, 3.63) is 59.2 Å². The van der Waals surface area contributed by atoms with E-state index in [9.17, 15) is 4.79 Å². The van der Waals surface area contributed by atoms with Gasteiger partial charge < -0.3 is 9.47 Å². The van der Waals surface area contributed by atoms with Gasteiger partial charge in [0.25, 0.3) is 5.91 Å². The third-order valence-electron chi connectivity index (χ3n) is 3.75. The molecule has 1 N–H and O–H groups in total. The standard InChI is InChI=1S/C21H26N2O3/c1-4-5-12-25-19-10-8-18(9-11-19)14-22-23-21(24)15-26-20-13-16(2)6-7-17(20)3/h6-11,13-14H,4-5,12,15H2,1-3H3,(H,23,24)/b22-14-. The normalized spacial score (nSPS) is 10.7. The monoisotopic (exact) mass is 354 g/mol. The van der Waals surface area contributed by atoms with Crippen LogP contribution in [-0.2, 0) is 4.79 Å². The summed E-state index contributed by atoms with van der Waals surface area (Å²) in [6.45, 7) is 6.70. The van der Waals surface area contributed by atoms with Crippen molar-refractivity contribution in [1.82, 2.24) is 5.43 Å². The lowest BCUT2D eigenvalue weighted by molar-refractivity contribution is -0.123. The summed E-state index contributed by atoms with van der Waals surface area (Å²) >= 11 is 0. The highest BCUT2D eigenvalue weighted by atomic mass is 16.5. The Morgan fingerprint density at radius 1 is 1.12 bits per heavy atom. The second-order valence-corrected chi connectivity index (χ2v) is 6.12. The summed E-state index contributed by atoms with van der Waals surface area (Å²) in [5, 5.41) is 3.95. The fourth-order valence-electron chi connectivity index (χ4n) is 2.20. The minimum absolute atomic E-state index is 0.0775. The molecule has 0 spiro atoms. The van der Waals surface area contributed by atoms with Crippen LogP contribution in [0.3, 0.4) is 0 Å². The topological polar surface area (TPSA) is 59.9 Å². The van der Waals surface area contributed by atoms with Crippen molar-refractivity contribution in [3.63, 3.8) is 0 Å². The number of aryl methyl sites for hydroxylation is 2. The molecule has 0 atom stereocenters. The molecule has 0 aromatic heterocycles. The fourth-order valence-corrected chi connectivity index (χ4v) is 2.20. The Labute approximate surface area is 155 Å². The SMILES string of the molecule is CCCCOc1ccc(/C=N\NC(=O)COc2cc(C)ccc2C)cc1. The van der Waals surface area contributed by atoms with Gasteiger partial charge in [-0.05, 0) is 67.3 Å². The molecule has 0 radical (unpaired) electrons. The maximum Gasteiger partial charge on any atom is 0.277 e. The predicted octanol–water partition coefficient (Wildman–Crippen LogP) is 4.01. The fraction of sp³-hybridized carbons (Fsp3) is 0.333. The zero-order chi connectivity index (χ0) is 18.8. The van der Waals surface area contributed by atoms with Crippen LogP contribution in [0.1, 0.15) is 36.5 Å². The summed E-state index contributed by atoms with van der Waals surface area (Å²) < 4.78 is 11.1. The van der Waals surface area contributed by atoms with Gasteiger partial charge in [-0.15, -0.1) is 0 Å². The lowest BCUT2D eigenvalue weighted by atomic mass is 10.1. The molecule has 138 valence electrons. The van der Waals surface area contributed by atoms with E-state index in [0.717, 1.165) is 41.9 Å². The van der Waals surface area contributed by atoms with Crippen molar-refractivity contribution in [2.75, 3.05) is 13.2 Å². The van der Waals surface area contributed by atoms with Crippen molar-refractivity contribution in [2.24, 2.45) is 5.10 Å². The van der Waals surface area contributed by atoms with E-state index in [0.29, 0.717) is 5.75 Å². The van der Waals surface area contributed by atoms with E-state index in [4.69, 9.17) is 9.47 Å². The van der Waals surface area contributed by atoms with Gasteiger partial charge in [0, 0.05) is 0 Å². The van der Waals surface area contributed by atoms with Crippen molar-refractivity contribution in [1.29, 1.82) is 0 Å². The van der Waals surface area contributed by atoms with Crippen LogP contribution >= 0.6 is 0 Å². The van der Waals surface area contributed by atoms with Crippen LogP contribution in [0.15, 0.2) is 47.6 Å². The van der Waals surface area contributed by atoms with E-state index in [1.165, 1.54) is 0 Å². The lowest BCUT2D eigenvalue weighted by Crippen LogP contribution is -2.24. The Kier molecular flexibility index (Phi) is 7.68. The molecule has 0 saturated heterocycles. The molecule has 5 heteroatoms. The lowest BCUT2D eigenvalue weighted by Gasteiger charge is -2.08. The van der Waals surface area contributed by atoms with E-state index in [-0.39, 0.29) is 12.5 Å². The number of hydrogen-bond donors (Lipinski definition) is 1. The number of nitrogens with zero attached hydrogens (tertiary/aromatic N) is 1. The number of nitrogens with one attached hydrogen (secondary N) is 1. The second kappa shape index (κ2) is 10.2. The largest absolute Gasteiger partial charge is 0.494 e. The van der Waals surface area contributed by atoms with E-state index >= 15 is 0 Å². The summed E-state index contributed by atoms with van der Waals surface area (Å²) in [4.78, 5) is 11.8. The molecule has 0 saturated carbocycles. The van der Waals surface area contributed by atoms with E-state index in [1.54, 1.807) is 6.21 Å². The van der Waals surface area contributed by atoms with Crippen molar-refractivity contribution in [2.45, 2.75) is 33.6 Å². The first kappa shape index (κ1) is 19.5. The number of carbonyl (C=O) groups is 1. The Morgan fingerprint density at radius 2 is 1.88 bits per heavy atom. The molecule has 0 unspecified atom stereocenters. The maximum atomic E-state index is 11.8. The van der Waals surface area contributed by atoms with Crippen molar-refractivity contribution < 1.29 is 14.3 Å². The second-order valence-electron chi connectivity index (χ2n) is 6.12. The van der Waals surface area contributed by atoms with Gasteiger partial charge in [-0.1, -0.05) is 25.5 Å². The van der Waals surface area contributed by atoms with Gasteiger partial charge in [0.1, 0.15) is 11.5 Å². The Hall–Kier alpha value is -2.82. The van der Waals surface area contributed by atoms with Crippen molar-refractivity contribution >= 4 is 12.1 Å². The zero-order valence-corrected chi connectivity index (χ0v) is 15.6. The highest BCUT2D eigenvalue weighted by Crippen LogP contribution is 2.18. The minimum Gasteiger partial charge on any atom is -0.494 e. The number of carbonyl (C=O) groups excluding carboxylic acids is 1. The first-order valence-corrected chi connectivity index (χ1v) is 8.83. The summed E-state index contributed by atoms with van der Waals surface area (Å²) in [6.07, 6.45) is 3.74. The molecule has 2 rings (SSSR count). The minimum atomic E-state index is -0.304. The maximum absolute atomic E-state index is 11.8. The number of rotatable bonds is 9. The number of hydrazone groups is 1. The first-order chi connectivity index (χ1) is 12.6. The number of benzene rings is 2. The van der Waals surface area contributed by atoms with E-state index < -0.39 is 0 Å². The summed E-state index contributed by atoms with van der Waals surface area (Å²) in [5.41, 5.74) is 5.43. The highest BCUT2D eigenvalue weighted by Gasteiger charge is 2.04. The molecule has 26 heavy (non-hydrogen) atoms. The van der Waals surface area contributed by atoms with Crippen LogP contribution < -0.4 is 14.9 Å². The third kappa shape index (κ3) is 6.59. The average molecular weight is 354 g/mol. The zero-order valence-electron chi connectivity index (χ0n) is 15.6. The predicted molar refractivity (Wildman–Crippen MR) is 104 cm³/mol. The number of amides is 1. The van der Waals surface area contributed by atoms with Crippen LogP contribution in [0.5, 0.6) is 11.5 Å². The van der Waals surface area contributed by atoms with E-state index in [1.807, 2.05) is 56.3 Å². The molecule has 1 amide bonds. The van der Waals surface area contributed by atoms with Crippen LogP contribution in [0.25, 0.3) is 0 Å². The summed E-state index contributed by atoms with van der Waals surface area (Å²) in [5.74, 6) is 1.24. The van der Waals surface area contributed by atoms with Crippen LogP contribution in [0.2, 0.25) is 0 Å². The first-order valence-electron chi connectivity index (χ1n) is 8.83. The van der Waals surface area contributed by atoms with Crippen molar-refractivity contribution in [3.8, 4) is 11.5 Å². The Balaban J connectivity index is 1.76. The van der Waals surface area contributed by atoms with E-state index in [2.05, 4.69) is 17.5 Å². The molecule has 0 fully saturated rings. The van der Waals surface area contributed by atoms with Gasteiger partial charge in [0.05, 0.1) is 12.8 Å². The Bertz CT molecular complexity index is 739. The molecule has 0 aliphatic heterocycles. The summed E-state index contributed by atoms with van der Waals surface area (Å²) in [7, 11) is 0. The van der Waals surface area contributed by atoms with Gasteiger partial charge in [-0.2, -0.15) is 5.10 Å². The third-order valence-corrected chi connectivity index (χ3v) is 3.75. The molecule has 2 aromatic rings. The van der Waals surface area contributed by atoms with Gasteiger partial charge in [0.2, 0.25) is 0 Å². The van der Waals surface area contributed by atoms with Crippen LogP contribution in [0, 0.1) is 13.8 Å². The Morgan fingerprint density at radius 3 is 2.62 bits per heavy atom. The molecule has 2 aromatic carbocycles. The van der Waals surface area contributed by atoms with Gasteiger partial charge in [-0.25, -0.2) is 5.43 Å². The van der Waals surface area contributed by atoms with Gasteiger partial charge in [0.15, 0.2) is 6.61 Å².